The maximum atomic E-state index is 12.0. The van der Waals surface area contributed by atoms with Gasteiger partial charge >= 0.3 is 0 Å². The van der Waals surface area contributed by atoms with Gasteiger partial charge in [-0.15, -0.1) is 0 Å². The summed E-state index contributed by atoms with van der Waals surface area (Å²) in [4.78, 5) is 12.0. The van der Waals surface area contributed by atoms with Crippen molar-refractivity contribution in [2.45, 2.75) is 20.8 Å². The van der Waals surface area contributed by atoms with Crippen LogP contribution in [0.5, 0.6) is 0 Å². The Morgan fingerprint density at radius 1 is 1.19 bits per heavy atom. The molecule has 3 nitrogen and oxygen atoms in total. The standard InChI is InChI=1S/C16H20Cl2N2O/c1-7-14(17)9-12(4)19-16(21)11(3)10-20(6)13(5)15(18)8-2/h7-10H,3,5H2,1-2,4,6H3/p+1. The molecule has 0 heterocycles. The average Bonchev–Trinajstić information content (AvgIpc) is 2.44. The zero-order valence-electron chi connectivity index (χ0n) is 12.8. The van der Waals surface area contributed by atoms with Crippen LogP contribution in [-0.2, 0) is 4.79 Å². The lowest BCUT2D eigenvalue weighted by Crippen LogP contribution is -2.25. The molecule has 0 saturated carbocycles. The van der Waals surface area contributed by atoms with Crippen molar-refractivity contribution in [2.75, 3.05) is 7.05 Å². The van der Waals surface area contributed by atoms with E-state index in [2.05, 4.69) is 18.5 Å². The lowest BCUT2D eigenvalue weighted by Gasteiger charge is -2.05. The predicted octanol–water partition coefficient (Wildman–Crippen LogP) is 4.07. The number of amides is 1. The zero-order valence-corrected chi connectivity index (χ0v) is 14.3. The number of carbonyl (C=O) groups excluding carboxylic acids is 1. The van der Waals surface area contributed by atoms with Gasteiger partial charge in [-0.05, 0) is 33.4 Å². The van der Waals surface area contributed by atoms with Gasteiger partial charge in [-0.25, -0.2) is 0 Å². The molecule has 0 unspecified atom stereocenters. The van der Waals surface area contributed by atoms with Crippen molar-refractivity contribution in [3.8, 4) is 0 Å². The van der Waals surface area contributed by atoms with E-state index in [1.165, 1.54) is 0 Å². The second-order valence-electron chi connectivity index (χ2n) is 4.30. The van der Waals surface area contributed by atoms with E-state index in [0.29, 0.717) is 21.5 Å². The third-order valence-electron chi connectivity index (χ3n) is 2.54. The summed E-state index contributed by atoms with van der Waals surface area (Å²) >= 11 is 11.8. The Balaban J connectivity index is 4.93. The van der Waals surface area contributed by atoms with Crippen LogP contribution in [0.25, 0.3) is 0 Å². The monoisotopic (exact) mass is 327 g/mol. The van der Waals surface area contributed by atoms with Gasteiger partial charge in [0, 0.05) is 10.7 Å². The Kier molecular flexibility index (Phi) is 8.67. The number of nitrogens with zero attached hydrogens (tertiary/aromatic N) is 1. The smallest absolute Gasteiger partial charge is 0.260 e. The third-order valence-corrected chi connectivity index (χ3v) is 3.30. The summed E-state index contributed by atoms with van der Waals surface area (Å²) in [5.41, 5.74) is 1.49. The molecule has 5 heteroatoms. The first-order valence-electron chi connectivity index (χ1n) is 6.32. The number of halogens is 2. The van der Waals surface area contributed by atoms with E-state index < -0.39 is 0 Å². The minimum Gasteiger partial charge on any atom is -0.326 e. The Labute approximate surface area is 136 Å². The summed E-state index contributed by atoms with van der Waals surface area (Å²) < 4.78 is 1.64. The second-order valence-corrected chi connectivity index (χ2v) is 5.15. The maximum absolute atomic E-state index is 12.0. The Hall–Kier alpha value is -1.58. The summed E-state index contributed by atoms with van der Waals surface area (Å²) in [6.45, 7) is 12.9. The molecule has 0 aliphatic rings. The average molecular weight is 328 g/mol. The molecule has 0 aromatic carbocycles. The van der Waals surface area contributed by atoms with Crippen molar-refractivity contribution in [3.05, 3.63) is 58.4 Å². The van der Waals surface area contributed by atoms with E-state index >= 15 is 0 Å². The maximum Gasteiger partial charge on any atom is 0.260 e. The van der Waals surface area contributed by atoms with Crippen LogP contribution in [0, 0.1) is 0 Å². The number of carbonyl (C=O) groups is 1. The van der Waals surface area contributed by atoms with E-state index in [1.807, 2.05) is 13.8 Å². The van der Waals surface area contributed by atoms with Gasteiger partial charge in [0.15, 0.2) is 6.21 Å². The predicted molar refractivity (Wildman–Crippen MR) is 91.6 cm³/mol. The molecular weight excluding hydrogens is 307 g/mol. The van der Waals surface area contributed by atoms with E-state index in [1.54, 1.807) is 43.0 Å². The van der Waals surface area contributed by atoms with Gasteiger partial charge < -0.3 is 5.32 Å². The van der Waals surface area contributed by atoms with Crippen LogP contribution in [-0.4, -0.2) is 23.7 Å². The SMILES string of the molecule is C=C(C=[N+](C)C(=C)C(Cl)=CC)C(=O)NC(C)=CC(Cl)=CC. The van der Waals surface area contributed by atoms with Crippen LogP contribution in [0.2, 0.25) is 0 Å². The van der Waals surface area contributed by atoms with Gasteiger partial charge in [-0.3, -0.25) is 4.79 Å². The molecule has 0 aromatic rings. The van der Waals surface area contributed by atoms with Gasteiger partial charge in [0.05, 0.1) is 5.57 Å². The van der Waals surface area contributed by atoms with Crippen LogP contribution in [0.4, 0.5) is 0 Å². The van der Waals surface area contributed by atoms with Crippen molar-refractivity contribution in [3.63, 3.8) is 0 Å². The summed E-state index contributed by atoms with van der Waals surface area (Å²) in [5.74, 6) is -0.319. The normalized spacial score (nSPS) is 14.0. The number of likely N-dealkylation sites (N-methyl/N-ethyl adjacent to an activating group) is 1. The van der Waals surface area contributed by atoms with Crippen molar-refractivity contribution in [1.82, 2.24) is 5.32 Å². The van der Waals surface area contributed by atoms with E-state index in [9.17, 15) is 4.79 Å². The molecule has 0 aliphatic carbocycles. The number of hydrogen-bond acceptors (Lipinski definition) is 1. The molecule has 0 bridgehead atoms. The van der Waals surface area contributed by atoms with E-state index in [0.717, 1.165) is 0 Å². The molecule has 0 saturated heterocycles. The van der Waals surface area contributed by atoms with E-state index in [-0.39, 0.29) is 11.5 Å². The molecule has 0 aliphatic heterocycles. The van der Waals surface area contributed by atoms with Crippen LogP contribution in [0.1, 0.15) is 20.8 Å². The summed E-state index contributed by atoms with van der Waals surface area (Å²) in [7, 11) is 1.74. The molecule has 0 atom stereocenters. The van der Waals surface area contributed by atoms with Gasteiger partial charge in [0.25, 0.3) is 5.91 Å². The highest BCUT2D eigenvalue weighted by molar-refractivity contribution is 6.31. The molecular formula is C16H21Cl2N2O+. The Bertz CT molecular complexity index is 567. The Morgan fingerprint density at radius 2 is 1.76 bits per heavy atom. The van der Waals surface area contributed by atoms with E-state index in [4.69, 9.17) is 23.2 Å². The van der Waals surface area contributed by atoms with Gasteiger partial charge in [0.1, 0.15) is 12.1 Å². The lowest BCUT2D eigenvalue weighted by molar-refractivity contribution is -0.432. The molecule has 0 radical (unpaired) electrons. The van der Waals surface area contributed by atoms with Crippen molar-refractivity contribution in [2.24, 2.45) is 0 Å². The molecule has 21 heavy (non-hydrogen) atoms. The lowest BCUT2D eigenvalue weighted by atomic mass is 10.2. The molecule has 0 rings (SSSR count). The molecule has 0 spiro atoms. The highest BCUT2D eigenvalue weighted by Crippen LogP contribution is 2.12. The van der Waals surface area contributed by atoms with Gasteiger partial charge in [-0.2, -0.15) is 4.58 Å². The largest absolute Gasteiger partial charge is 0.326 e. The first-order chi connectivity index (χ1) is 9.72. The fourth-order valence-corrected chi connectivity index (χ4v) is 1.59. The number of nitrogens with one attached hydrogen (secondary N) is 1. The number of rotatable bonds is 6. The summed E-state index contributed by atoms with van der Waals surface area (Å²) in [6, 6.07) is 0. The van der Waals surface area contributed by atoms with Crippen LogP contribution in [0.3, 0.4) is 0 Å². The minimum atomic E-state index is -0.319. The van der Waals surface area contributed by atoms with Crippen molar-refractivity contribution >= 4 is 35.3 Å². The molecule has 1 N–H and O–H groups in total. The van der Waals surface area contributed by atoms with Crippen molar-refractivity contribution in [1.29, 1.82) is 0 Å². The summed E-state index contributed by atoms with van der Waals surface area (Å²) in [6.07, 6.45) is 6.68. The molecule has 0 fully saturated rings. The molecule has 1 amide bonds. The number of allylic oxidation sites excluding steroid dienone is 6. The fraction of sp³-hybridized carbons (Fsp3) is 0.250. The van der Waals surface area contributed by atoms with Crippen molar-refractivity contribution < 1.29 is 9.37 Å². The first kappa shape index (κ1) is 19.4. The third kappa shape index (κ3) is 7.11. The summed E-state index contributed by atoms with van der Waals surface area (Å²) in [5, 5.41) is 3.76. The second kappa shape index (κ2) is 9.37. The minimum absolute atomic E-state index is 0.281. The molecule has 114 valence electrons. The topological polar surface area (TPSA) is 32.1 Å². The zero-order chi connectivity index (χ0) is 16.6. The highest BCUT2D eigenvalue weighted by atomic mass is 35.5. The molecule has 0 aromatic heterocycles. The fourth-order valence-electron chi connectivity index (χ4n) is 1.29. The quantitative estimate of drug-likeness (QED) is 0.339. The first-order valence-corrected chi connectivity index (χ1v) is 7.07. The van der Waals surface area contributed by atoms with Gasteiger partial charge in [-0.1, -0.05) is 41.9 Å². The van der Waals surface area contributed by atoms with Crippen LogP contribution in [0.15, 0.2) is 58.4 Å². The number of hydrogen-bond donors (Lipinski definition) is 1. The van der Waals surface area contributed by atoms with Crippen LogP contribution >= 0.6 is 23.2 Å². The van der Waals surface area contributed by atoms with Crippen LogP contribution < -0.4 is 5.32 Å². The van der Waals surface area contributed by atoms with Gasteiger partial charge in [0.2, 0.25) is 5.70 Å². The highest BCUT2D eigenvalue weighted by Gasteiger charge is 2.13. The Morgan fingerprint density at radius 3 is 2.24 bits per heavy atom.